The molecule has 0 spiro atoms. The lowest BCUT2D eigenvalue weighted by atomic mass is 10.1. The van der Waals surface area contributed by atoms with Crippen molar-refractivity contribution in [1.82, 2.24) is 0 Å². The number of allylic oxidation sites excluding steroid dienone is 24. The van der Waals surface area contributed by atoms with Gasteiger partial charge in [0.25, 0.3) is 6.29 Å². The molecule has 0 saturated carbocycles. The Kier molecular flexibility index (Phi) is 61.4. The number of carboxylic acid groups (broad SMARTS) is 1. The maximum Gasteiger partial charge on any atom is 0.361 e. The van der Waals surface area contributed by atoms with E-state index in [1.807, 2.05) is 21.1 Å². The van der Waals surface area contributed by atoms with Crippen molar-refractivity contribution in [3.63, 3.8) is 0 Å². The van der Waals surface area contributed by atoms with Crippen molar-refractivity contribution >= 4 is 17.9 Å². The number of rotatable bonds is 61. The van der Waals surface area contributed by atoms with Crippen LogP contribution in [0.15, 0.2) is 146 Å². The number of esters is 2. The second-order valence-corrected chi connectivity index (χ2v) is 23.4. The molecule has 0 rings (SSSR count). The summed E-state index contributed by atoms with van der Waals surface area (Å²) in [5.74, 6) is -2.04. The zero-order chi connectivity index (χ0) is 61.9. The fourth-order valence-electron chi connectivity index (χ4n) is 8.90. The quantitative estimate of drug-likeness (QED) is 0.0211. The van der Waals surface area contributed by atoms with Gasteiger partial charge in [0.2, 0.25) is 0 Å². The molecular weight excluding hydrogens is 1050 g/mol. The summed E-state index contributed by atoms with van der Waals surface area (Å²) in [6, 6.07) is 0. The van der Waals surface area contributed by atoms with E-state index in [-0.39, 0.29) is 38.6 Å². The molecule has 0 aliphatic rings. The minimum absolute atomic E-state index is 0.176. The lowest BCUT2D eigenvalue weighted by Crippen LogP contribution is -2.40. The van der Waals surface area contributed by atoms with Gasteiger partial charge in [0.15, 0.2) is 6.10 Å². The van der Waals surface area contributed by atoms with Crippen molar-refractivity contribution in [2.24, 2.45) is 0 Å². The number of unbranched alkanes of at least 4 members (excludes halogenated alkanes) is 22. The van der Waals surface area contributed by atoms with Gasteiger partial charge in [0.1, 0.15) is 13.2 Å². The predicted octanol–water partition coefficient (Wildman–Crippen LogP) is 21.1. The van der Waals surface area contributed by atoms with Crippen LogP contribution in [0, 0.1) is 0 Å². The summed E-state index contributed by atoms with van der Waals surface area (Å²) >= 11 is 0. The average Bonchev–Trinajstić information content (AvgIpc) is 3.49. The van der Waals surface area contributed by atoms with Crippen LogP contribution in [0.5, 0.6) is 0 Å². The summed E-state index contributed by atoms with van der Waals surface area (Å²) in [4.78, 5) is 37.6. The van der Waals surface area contributed by atoms with Gasteiger partial charge in [-0.05, 0) is 122 Å². The second-order valence-electron chi connectivity index (χ2n) is 23.4. The van der Waals surface area contributed by atoms with Gasteiger partial charge in [0.05, 0.1) is 34.4 Å². The highest BCUT2D eigenvalue weighted by Crippen LogP contribution is 2.15. The van der Waals surface area contributed by atoms with Gasteiger partial charge in [0, 0.05) is 12.8 Å². The molecule has 85 heavy (non-hydrogen) atoms. The fraction of sp³-hybridized carbons (Fsp3) is 0.645. The number of carboxylic acids is 1. The topological polar surface area (TPSA) is 108 Å². The molecule has 0 fully saturated rings. The van der Waals surface area contributed by atoms with Crippen molar-refractivity contribution in [2.75, 3.05) is 47.5 Å². The van der Waals surface area contributed by atoms with E-state index in [0.29, 0.717) is 17.4 Å². The standard InChI is InChI=1S/C76H125NO8/c1-6-8-10-12-14-16-18-20-22-24-26-28-29-30-31-32-33-34-35-36-37-38-39-40-41-42-43-44-45-47-49-51-53-55-57-59-61-63-65-67-74(79)85-72(71-84-76(75(80)81)82-69-68-77(3,4)5)70-83-73(78)66-64-62-60-58-56-54-52-50-48-46-27-25-23-21-19-17-15-13-11-9-7-2/h8,10,14,16,20,22,25-28,30-31,33-34,36-37,39-40,42-43,45,47,51,53,72,76H,6-7,9,11-13,15,17-19,21,23-24,29,32,35,38,41,44,46,48-50,52,54-71H2,1-5H3/p+1/b10-8-,16-14-,22-20-,27-25-,28-26-,31-30-,34-33-,37-36-,40-39-,43-42-,47-45-,53-51-. The number of ether oxygens (including phenoxy) is 4. The Hall–Kier alpha value is -4.83. The molecule has 0 amide bonds. The Bertz CT molecular complexity index is 1900. The SMILES string of the molecule is CC/C=C\C/C=C\C/C=C\C/C=C\C/C=C\C/C=C\C/C=C\C/C=C\C/C=C\C/C=C\C/C=C\CCCCCCCC(=O)OC(COC(=O)CCCCCCCCCCC/C=C\CCCCCCCCCC)COC(OCC[N+](C)(C)C)C(=O)O. The molecule has 9 nitrogen and oxygen atoms in total. The van der Waals surface area contributed by atoms with Crippen LogP contribution in [0.2, 0.25) is 0 Å². The van der Waals surface area contributed by atoms with E-state index < -0.39 is 24.3 Å². The number of hydrogen-bond donors (Lipinski definition) is 1. The first-order valence-corrected chi connectivity index (χ1v) is 34.0. The molecule has 0 aliphatic carbocycles. The molecule has 0 heterocycles. The third-order valence-corrected chi connectivity index (χ3v) is 14.1. The van der Waals surface area contributed by atoms with Crippen LogP contribution in [0.1, 0.15) is 258 Å². The van der Waals surface area contributed by atoms with Crippen LogP contribution in [0.4, 0.5) is 0 Å². The number of hydrogen-bond acceptors (Lipinski definition) is 7. The maximum absolute atomic E-state index is 12.9. The molecule has 0 aromatic carbocycles. The lowest BCUT2D eigenvalue weighted by Gasteiger charge is -2.25. The summed E-state index contributed by atoms with van der Waals surface area (Å²) in [6.07, 6.45) is 92.3. The molecule has 0 aliphatic heterocycles. The maximum atomic E-state index is 12.9. The second kappa shape index (κ2) is 65.2. The Morgan fingerprint density at radius 1 is 0.365 bits per heavy atom. The molecule has 1 N–H and O–H groups in total. The van der Waals surface area contributed by atoms with E-state index in [1.165, 1.54) is 103 Å². The van der Waals surface area contributed by atoms with Crippen molar-refractivity contribution in [3.05, 3.63) is 146 Å². The lowest BCUT2D eigenvalue weighted by molar-refractivity contribution is -0.870. The zero-order valence-corrected chi connectivity index (χ0v) is 55.0. The molecule has 9 heteroatoms. The van der Waals surface area contributed by atoms with E-state index in [1.54, 1.807) is 0 Å². The van der Waals surface area contributed by atoms with E-state index in [9.17, 15) is 19.5 Å². The zero-order valence-electron chi connectivity index (χ0n) is 55.0. The van der Waals surface area contributed by atoms with Crippen molar-refractivity contribution < 1.29 is 42.9 Å². The first kappa shape index (κ1) is 80.2. The van der Waals surface area contributed by atoms with Crippen LogP contribution in [0.25, 0.3) is 0 Å². The van der Waals surface area contributed by atoms with Crippen LogP contribution in [-0.4, -0.2) is 87.4 Å². The van der Waals surface area contributed by atoms with Crippen LogP contribution in [0.3, 0.4) is 0 Å². The monoisotopic (exact) mass is 1180 g/mol. The number of quaternary nitrogens is 1. The molecular formula is C76H126NO8+. The number of nitrogens with zero attached hydrogens (tertiary/aromatic N) is 1. The van der Waals surface area contributed by atoms with Gasteiger partial charge in [-0.25, -0.2) is 4.79 Å². The molecule has 0 aromatic rings. The Morgan fingerprint density at radius 3 is 1.01 bits per heavy atom. The smallest absolute Gasteiger partial charge is 0.361 e. The van der Waals surface area contributed by atoms with E-state index >= 15 is 0 Å². The highest BCUT2D eigenvalue weighted by molar-refractivity contribution is 5.71. The number of aliphatic carboxylic acids is 1. The predicted molar refractivity (Wildman–Crippen MR) is 364 cm³/mol. The van der Waals surface area contributed by atoms with Gasteiger partial charge in [-0.15, -0.1) is 0 Å². The highest BCUT2D eigenvalue weighted by atomic mass is 16.7. The number of likely N-dealkylation sites (N-methyl/N-ethyl adjacent to an activating group) is 1. The molecule has 2 unspecified atom stereocenters. The van der Waals surface area contributed by atoms with Crippen LogP contribution in [-0.2, 0) is 33.3 Å². The minimum atomic E-state index is -1.53. The summed E-state index contributed by atoms with van der Waals surface area (Å²) in [5, 5.41) is 9.73. The summed E-state index contributed by atoms with van der Waals surface area (Å²) in [5.41, 5.74) is 0. The van der Waals surface area contributed by atoms with Crippen molar-refractivity contribution in [3.8, 4) is 0 Å². The summed E-state index contributed by atoms with van der Waals surface area (Å²) in [7, 11) is 5.96. The fourth-order valence-corrected chi connectivity index (χ4v) is 8.90. The van der Waals surface area contributed by atoms with E-state index in [4.69, 9.17) is 18.9 Å². The average molecular weight is 1180 g/mol. The van der Waals surface area contributed by atoms with Crippen LogP contribution < -0.4 is 0 Å². The molecule has 2 atom stereocenters. The van der Waals surface area contributed by atoms with Crippen molar-refractivity contribution in [1.29, 1.82) is 0 Å². The number of carbonyl (C=O) groups is 3. The molecule has 0 radical (unpaired) electrons. The first-order chi connectivity index (χ1) is 41.6. The first-order valence-electron chi connectivity index (χ1n) is 34.0. The highest BCUT2D eigenvalue weighted by Gasteiger charge is 2.25. The largest absolute Gasteiger partial charge is 0.477 e. The third kappa shape index (κ3) is 66.5. The Labute approximate surface area is 522 Å². The molecule has 482 valence electrons. The van der Waals surface area contributed by atoms with Gasteiger partial charge in [-0.3, -0.25) is 9.59 Å². The van der Waals surface area contributed by atoms with Gasteiger partial charge in [-0.1, -0.05) is 269 Å². The minimum Gasteiger partial charge on any atom is -0.477 e. The van der Waals surface area contributed by atoms with Crippen molar-refractivity contribution in [2.45, 2.75) is 270 Å². The Morgan fingerprint density at radius 2 is 0.671 bits per heavy atom. The molecule has 0 aromatic heterocycles. The Balaban J connectivity index is 4.24. The van der Waals surface area contributed by atoms with E-state index in [0.717, 1.165) is 122 Å². The van der Waals surface area contributed by atoms with Crippen LogP contribution >= 0.6 is 0 Å². The molecule has 0 saturated heterocycles. The summed E-state index contributed by atoms with van der Waals surface area (Å²) in [6.45, 7) is 4.73. The van der Waals surface area contributed by atoms with Gasteiger partial charge in [-0.2, -0.15) is 0 Å². The third-order valence-electron chi connectivity index (χ3n) is 14.1. The van der Waals surface area contributed by atoms with E-state index in [2.05, 4.69) is 160 Å². The molecule has 0 bridgehead atoms. The summed E-state index contributed by atoms with van der Waals surface area (Å²) < 4.78 is 22.9. The van der Waals surface area contributed by atoms with Gasteiger partial charge < -0.3 is 28.5 Å². The van der Waals surface area contributed by atoms with Gasteiger partial charge >= 0.3 is 17.9 Å². The number of carbonyl (C=O) groups excluding carboxylic acids is 2. The normalized spacial score (nSPS) is 13.7.